The number of carbonyl (C=O) groups is 1. The molecule has 4 nitrogen and oxygen atoms in total. The maximum Gasteiger partial charge on any atom is 0.268 e. The first-order valence-corrected chi connectivity index (χ1v) is 8.51. The van der Waals surface area contributed by atoms with Crippen LogP contribution in [0.1, 0.15) is 15.9 Å². The summed E-state index contributed by atoms with van der Waals surface area (Å²) in [6.07, 6.45) is 2.25. The highest BCUT2D eigenvalue weighted by atomic mass is 32.2. The number of carbonyl (C=O) groups excluding carboxylic acids is 1. The monoisotopic (exact) mass is 325 g/mol. The summed E-state index contributed by atoms with van der Waals surface area (Å²) in [5.74, 6) is 0. The van der Waals surface area contributed by atoms with E-state index in [1.807, 2.05) is 6.92 Å². The number of rotatable bonds is 4. The van der Waals surface area contributed by atoms with Crippen molar-refractivity contribution in [1.82, 2.24) is 3.97 Å². The highest BCUT2D eigenvalue weighted by Crippen LogP contribution is 2.25. The fourth-order valence-corrected chi connectivity index (χ4v) is 3.76. The molecule has 0 saturated heterocycles. The molecule has 1 heterocycles. The molecule has 0 atom stereocenters. The maximum absolute atomic E-state index is 12.8. The first kappa shape index (κ1) is 15.2. The standard InChI is InChI=1S/C18H15NO3S/c1-14-7-9-17(10-8-14)23(21,22)19-11-3-6-18(19)16-5-2-4-15(12-16)13-20/h2-13H,1H3. The van der Waals surface area contributed by atoms with Gasteiger partial charge in [-0.05, 0) is 42.8 Å². The third-order valence-corrected chi connectivity index (χ3v) is 5.31. The van der Waals surface area contributed by atoms with E-state index in [1.54, 1.807) is 60.7 Å². The smallest absolute Gasteiger partial charge is 0.268 e. The Morgan fingerprint density at radius 2 is 1.70 bits per heavy atom. The minimum Gasteiger partial charge on any atom is -0.298 e. The predicted octanol–water partition coefficient (Wildman–Crippen LogP) is 3.51. The van der Waals surface area contributed by atoms with Crippen LogP contribution in [0.25, 0.3) is 11.3 Å². The van der Waals surface area contributed by atoms with Crippen LogP contribution in [0.4, 0.5) is 0 Å². The van der Waals surface area contributed by atoms with Gasteiger partial charge in [-0.15, -0.1) is 0 Å². The highest BCUT2D eigenvalue weighted by molar-refractivity contribution is 7.90. The van der Waals surface area contributed by atoms with Crippen LogP contribution >= 0.6 is 0 Å². The zero-order valence-electron chi connectivity index (χ0n) is 12.5. The van der Waals surface area contributed by atoms with Crippen molar-refractivity contribution in [3.63, 3.8) is 0 Å². The molecule has 1 aromatic heterocycles. The van der Waals surface area contributed by atoms with Crippen LogP contribution in [0.5, 0.6) is 0 Å². The molecule has 5 heteroatoms. The predicted molar refractivity (Wildman–Crippen MR) is 89.0 cm³/mol. The third-order valence-electron chi connectivity index (χ3n) is 3.61. The van der Waals surface area contributed by atoms with Crippen LogP contribution < -0.4 is 0 Å². The van der Waals surface area contributed by atoms with Crippen LogP contribution in [-0.2, 0) is 10.0 Å². The molecule has 0 N–H and O–H groups in total. The second-order valence-corrected chi connectivity index (χ2v) is 7.07. The van der Waals surface area contributed by atoms with Gasteiger partial charge < -0.3 is 0 Å². The van der Waals surface area contributed by atoms with Gasteiger partial charge >= 0.3 is 0 Å². The molecule has 2 aromatic carbocycles. The number of aldehydes is 1. The second kappa shape index (κ2) is 5.85. The van der Waals surface area contributed by atoms with E-state index in [1.165, 1.54) is 10.2 Å². The van der Waals surface area contributed by atoms with Crippen LogP contribution in [0.15, 0.2) is 71.8 Å². The van der Waals surface area contributed by atoms with E-state index in [2.05, 4.69) is 0 Å². The van der Waals surface area contributed by atoms with E-state index >= 15 is 0 Å². The van der Waals surface area contributed by atoms with Crippen molar-refractivity contribution in [2.24, 2.45) is 0 Å². The van der Waals surface area contributed by atoms with Crippen LogP contribution in [0.2, 0.25) is 0 Å². The number of hydrogen-bond donors (Lipinski definition) is 0. The van der Waals surface area contributed by atoms with Gasteiger partial charge in [0.1, 0.15) is 6.29 Å². The molecule has 0 amide bonds. The van der Waals surface area contributed by atoms with E-state index in [-0.39, 0.29) is 4.90 Å². The Morgan fingerprint density at radius 1 is 0.957 bits per heavy atom. The average molecular weight is 325 g/mol. The van der Waals surface area contributed by atoms with Gasteiger partial charge in [0.15, 0.2) is 0 Å². The Kier molecular flexibility index (Phi) is 3.88. The summed E-state index contributed by atoms with van der Waals surface area (Å²) in [7, 11) is -3.68. The van der Waals surface area contributed by atoms with Crippen molar-refractivity contribution in [2.45, 2.75) is 11.8 Å². The van der Waals surface area contributed by atoms with Gasteiger partial charge in [0, 0.05) is 11.8 Å². The normalized spacial score (nSPS) is 11.3. The first-order valence-electron chi connectivity index (χ1n) is 7.07. The second-order valence-electron chi connectivity index (χ2n) is 5.25. The highest BCUT2D eigenvalue weighted by Gasteiger charge is 2.19. The number of hydrogen-bond acceptors (Lipinski definition) is 3. The summed E-state index contributed by atoms with van der Waals surface area (Å²) in [5, 5.41) is 0. The van der Waals surface area contributed by atoms with E-state index in [9.17, 15) is 13.2 Å². The topological polar surface area (TPSA) is 56.1 Å². The zero-order chi connectivity index (χ0) is 16.4. The van der Waals surface area contributed by atoms with Gasteiger partial charge in [0.2, 0.25) is 0 Å². The summed E-state index contributed by atoms with van der Waals surface area (Å²) in [6.45, 7) is 1.91. The van der Waals surface area contributed by atoms with E-state index in [0.29, 0.717) is 16.8 Å². The average Bonchev–Trinajstić information content (AvgIpc) is 3.06. The quantitative estimate of drug-likeness (QED) is 0.690. The Labute approximate surface area is 135 Å². The Balaban J connectivity index is 2.13. The Bertz CT molecular complexity index is 954. The molecule has 0 unspecified atom stereocenters. The molecule has 0 radical (unpaired) electrons. The first-order chi connectivity index (χ1) is 11.0. The van der Waals surface area contributed by atoms with Gasteiger partial charge in [-0.3, -0.25) is 4.79 Å². The molecular weight excluding hydrogens is 310 g/mol. The van der Waals surface area contributed by atoms with Crippen molar-refractivity contribution >= 4 is 16.3 Å². The molecule has 3 rings (SSSR count). The molecule has 0 saturated carbocycles. The number of benzene rings is 2. The summed E-state index contributed by atoms with van der Waals surface area (Å²) in [6, 6.07) is 17.0. The molecule has 0 bridgehead atoms. The molecule has 116 valence electrons. The van der Waals surface area contributed by atoms with Gasteiger partial charge in [-0.25, -0.2) is 12.4 Å². The molecule has 3 aromatic rings. The van der Waals surface area contributed by atoms with Crippen molar-refractivity contribution < 1.29 is 13.2 Å². The van der Waals surface area contributed by atoms with E-state index in [0.717, 1.165) is 11.8 Å². The van der Waals surface area contributed by atoms with E-state index < -0.39 is 10.0 Å². The molecule has 0 fully saturated rings. The van der Waals surface area contributed by atoms with Crippen LogP contribution in [0, 0.1) is 6.92 Å². The number of aryl methyl sites for hydroxylation is 1. The minimum absolute atomic E-state index is 0.229. The fourth-order valence-electron chi connectivity index (χ4n) is 2.39. The molecule has 0 aliphatic carbocycles. The lowest BCUT2D eigenvalue weighted by molar-refractivity contribution is 0.112. The molecule has 0 aliphatic heterocycles. The molecule has 0 aliphatic rings. The van der Waals surface area contributed by atoms with Crippen molar-refractivity contribution in [3.8, 4) is 11.3 Å². The SMILES string of the molecule is Cc1ccc(S(=O)(=O)n2cccc2-c2cccc(C=O)c2)cc1. The third kappa shape index (κ3) is 2.83. The molecular formula is C18H15NO3S. The number of aromatic nitrogens is 1. The van der Waals surface area contributed by atoms with Crippen molar-refractivity contribution in [1.29, 1.82) is 0 Å². The maximum atomic E-state index is 12.8. The summed E-state index contributed by atoms with van der Waals surface area (Å²) in [4.78, 5) is 11.2. The lowest BCUT2D eigenvalue weighted by Crippen LogP contribution is -2.13. The van der Waals surface area contributed by atoms with Gasteiger partial charge in [-0.1, -0.05) is 35.9 Å². The largest absolute Gasteiger partial charge is 0.298 e. The Morgan fingerprint density at radius 3 is 2.39 bits per heavy atom. The minimum atomic E-state index is -3.68. The summed E-state index contributed by atoms with van der Waals surface area (Å²) < 4.78 is 26.9. The van der Waals surface area contributed by atoms with Gasteiger partial charge in [0.05, 0.1) is 10.6 Å². The van der Waals surface area contributed by atoms with E-state index in [4.69, 9.17) is 0 Å². The van der Waals surface area contributed by atoms with Gasteiger partial charge in [-0.2, -0.15) is 0 Å². The Hall–Kier alpha value is -2.66. The van der Waals surface area contributed by atoms with Crippen molar-refractivity contribution in [2.75, 3.05) is 0 Å². The van der Waals surface area contributed by atoms with Gasteiger partial charge in [0.25, 0.3) is 10.0 Å². The van der Waals surface area contributed by atoms with Crippen molar-refractivity contribution in [3.05, 3.63) is 78.0 Å². The zero-order valence-corrected chi connectivity index (χ0v) is 13.3. The van der Waals surface area contributed by atoms with Crippen LogP contribution in [-0.4, -0.2) is 18.7 Å². The number of nitrogens with zero attached hydrogens (tertiary/aromatic N) is 1. The molecule has 0 spiro atoms. The lowest BCUT2D eigenvalue weighted by atomic mass is 10.1. The van der Waals surface area contributed by atoms with Crippen LogP contribution in [0.3, 0.4) is 0 Å². The summed E-state index contributed by atoms with van der Waals surface area (Å²) >= 11 is 0. The fraction of sp³-hybridized carbons (Fsp3) is 0.0556. The molecule has 23 heavy (non-hydrogen) atoms. The summed E-state index contributed by atoms with van der Waals surface area (Å²) in [5.41, 5.74) is 2.70. The lowest BCUT2D eigenvalue weighted by Gasteiger charge is -2.11.